The SMILES string of the molecule is CC(C(C(=O)c1ccccc1)=C1SCCS1)c1ccc(F)cc1. The second kappa shape index (κ2) is 7.37. The van der Waals surface area contributed by atoms with E-state index in [-0.39, 0.29) is 17.5 Å². The molecule has 1 atom stereocenters. The van der Waals surface area contributed by atoms with Gasteiger partial charge in [0, 0.05) is 32.8 Å². The lowest BCUT2D eigenvalue weighted by Gasteiger charge is -2.18. The molecule has 0 aromatic heterocycles. The van der Waals surface area contributed by atoms with Gasteiger partial charge in [-0.25, -0.2) is 4.39 Å². The minimum absolute atomic E-state index is 0.0589. The van der Waals surface area contributed by atoms with Gasteiger partial charge in [0.05, 0.1) is 0 Å². The predicted octanol–water partition coefficient (Wildman–Crippen LogP) is 5.50. The lowest BCUT2D eigenvalue weighted by atomic mass is 9.89. The van der Waals surface area contributed by atoms with Crippen molar-refractivity contribution >= 4 is 29.3 Å². The number of benzene rings is 2. The van der Waals surface area contributed by atoms with Crippen LogP contribution in [-0.2, 0) is 0 Å². The summed E-state index contributed by atoms with van der Waals surface area (Å²) in [4.78, 5) is 13.1. The van der Waals surface area contributed by atoms with Gasteiger partial charge >= 0.3 is 0 Å². The van der Waals surface area contributed by atoms with Crippen LogP contribution in [0.2, 0.25) is 0 Å². The molecule has 118 valence electrons. The summed E-state index contributed by atoms with van der Waals surface area (Å²) >= 11 is 3.49. The first-order chi connectivity index (χ1) is 11.2. The second-order valence-corrected chi connectivity index (χ2v) is 7.84. The maximum absolute atomic E-state index is 13.2. The van der Waals surface area contributed by atoms with Crippen LogP contribution in [0.5, 0.6) is 0 Å². The number of carbonyl (C=O) groups excluding carboxylic acids is 1. The predicted molar refractivity (Wildman–Crippen MR) is 97.5 cm³/mol. The molecule has 1 fully saturated rings. The standard InChI is InChI=1S/C19H17FOS2/c1-13(14-7-9-16(20)10-8-14)17(19-22-11-12-23-19)18(21)15-5-3-2-4-6-15/h2-10,13H,11-12H2,1H3. The van der Waals surface area contributed by atoms with E-state index in [1.807, 2.05) is 37.3 Å². The van der Waals surface area contributed by atoms with Crippen molar-refractivity contribution in [2.45, 2.75) is 12.8 Å². The van der Waals surface area contributed by atoms with Crippen LogP contribution in [0.4, 0.5) is 4.39 Å². The Morgan fingerprint density at radius 3 is 2.22 bits per heavy atom. The van der Waals surface area contributed by atoms with Crippen LogP contribution in [-0.4, -0.2) is 17.3 Å². The third-order valence-corrected chi connectivity index (χ3v) is 6.60. The molecule has 1 heterocycles. The van der Waals surface area contributed by atoms with Crippen molar-refractivity contribution in [3.8, 4) is 0 Å². The van der Waals surface area contributed by atoms with Crippen LogP contribution in [0, 0.1) is 5.82 Å². The fraction of sp³-hybridized carbons (Fsp3) is 0.211. The van der Waals surface area contributed by atoms with Gasteiger partial charge in [-0.15, -0.1) is 23.5 Å². The molecule has 2 aromatic carbocycles. The van der Waals surface area contributed by atoms with Crippen molar-refractivity contribution in [3.05, 3.63) is 81.4 Å². The lowest BCUT2D eigenvalue weighted by Crippen LogP contribution is -2.11. The summed E-state index contributed by atoms with van der Waals surface area (Å²) in [5.41, 5.74) is 2.50. The second-order valence-electron chi connectivity index (χ2n) is 5.37. The highest BCUT2D eigenvalue weighted by atomic mass is 32.2. The summed E-state index contributed by atoms with van der Waals surface area (Å²) in [6, 6.07) is 15.8. The van der Waals surface area contributed by atoms with Crippen LogP contribution in [0.1, 0.15) is 28.8 Å². The number of rotatable bonds is 4. The minimum Gasteiger partial charge on any atom is -0.289 e. The molecule has 2 aromatic rings. The molecule has 0 amide bonds. The topological polar surface area (TPSA) is 17.1 Å². The summed E-state index contributed by atoms with van der Waals surface area (Å²) in [6.45, 7) is 2.02. The first-order valence-electron chi connectivity index (χ1n) is 7.52. The van der Waals surface area contributed by atoms with Crippen LogP contribution >= 0.6 is 23.5 Å². The van der Waals surface area contributed by atoms with Crippen molar-refractivity contribution in [2.24, 2.45) is 0 Å². The van der Waals surface area contributed by atoms with E-state index in [0.717, 1.165) is 26.9 Å². The minimum atomic E-state index is -0.255. The highest BCUT2D eigenvalue weighted by molar-refractivity contribution is 8.25. The fourth-order valence-electron chi connectivity index (χ4n) is 2.60. The number of carbonyl (C=O) groups is 1. The first-order valence-corrected chi connectivity index (χ1v) is 9.49. The van der Waals surface area contributed by atoms with E-state index in [2.05, 4.69) is 0 Å². The third-order valence-electron chi connectivity index (χ3n) is 3.85. The number of hydrogen-bond donors (Lipinski definition) is 0. The Kier molecular flexibility index (Phi) is 5.23. The Balaban J connectivity index is 2.01. The maximum Gasteiger partial charge on any atom is 0.191 e. The average Bonchev–Trinajstić information content (AvgIpc) is 3.10. The van der Waals surface area contributed by atoms with E-state index < -0.39 is 0 Å². The van der Waals surface area contributed by atoms with Crippen molar-refractivity contribution in [1.82, 2.24) is 0 Å². The van der Waals surface area contributed by atoms with Gasteiger partial charge in [0.25, 0.3) is 0 Å². The highest BCUT2D eigenvalue weighted by Crippen LogP contribution is 2.43. The average molecular weight is 344 g/mol. The van der Waals surface area contributed by atoms with Crippen molar-refractivity contribution in [2.75, 3.05) is 11.5 Å². The Hall–Kier alpha value is -1.52. The molecule has 1 nitrogen and oxygen atoms in total. The summed E-state index contributed by atoms with van der Waals surface area (Å²) in [5, 5.41) is 0. The van der Waals surface area contributed by atoms with Gasteiger partial charge in [-0.05, 0) is 17.7 Å². The molecule has 3 rings (SSSR count). The van der Waals surface area contributed by atoms with Crippen molar-refractivity contribution in [3.63, 3.8) is 0 Å². The zero-order valence-corrected chi connectivity index (χ0v) is 14.4. The summed E-state index contributed by atoms with van der Waals surface area (Å²) in [5.74, 6) is 1.81. The number of hydrogen-bond acceptors (Lipinski definition) is 3. The van der Waals surface area contributed by atoms with Gasteiger partial charge in [-0.3, -0.25) is 4.79 Å². The number of allylic oxidation sites excluding steroid dienone is 1. The molecule has 1 saturated heterocycles. The van der Waals surface area contributed by atoms with E-state index in [4.69, 9.17) is 0 Å². The first kappa shape index (κ1) is 16.3. The van der Waals surface area contributed by atoms with Crippen molar-refractivity contribution < 1.29 is 9.18 Å². The molecule has 0 radical (unpaired) electrons. The molecule has 1 aliphatic rings. The van der Waals surface area contributed by atoms with Crippen LogP contribution in [0.25, 0.3) is 0 Å². The van der Waals surface area contributed by atoms with E-state index in [1.54, 1.807) is 35.7 Å². The zero-order chi connectivity index (χ0) is 16.2. The Morgan fingerprint density at radius 1 is 1.00 bits per heavy atom. The Morgan fingerprint density at radius 2 is 1.61 bits per heavy atom. The van der Waals surface area contributed by atoms with E-state index in [0.29, 0.717) is 5.56 Å². The molecule has 0 spiro atoms. The monoisotopic (exact) mass is 344 g/mol. The summed E-state index contributed by atoms with van der Waals surface area (Å²) < 4.78 is 14.3. The third kappa shape index (κ3) is 3.70. The van der Waals surface area contributed by atoms with E-state index >= 15 is 0 Å². The fourth-order valence-corrected chi connectivity index (χ4v) is 5.32. The lowest BCUT2D eigenvalue weighted by molar-refractivity contribution is 0.102. The van der Waals surface area contributed by atoms with Crippen molar-refractivity contribution in [1.29, 1.82) is 0 Å². The number of halogens is 1. The molecule has 23 heavy (non-hydrogen) atoms. The molecule has 0 bridgehead atoms. The normalized spacial score (nSPS) is 15.5. The summed E-state index contributed by atoms with van der Waals surface area (Å²) in [7, 11) is 0. The molecular weight excluding hydrogens is 327 g/mol. The van der Waals surface area contributed by atoms with Crippen LogP contribution in [0.3, 0.4) is 0 Å². The largest absolute Gasteiger partial charge is 0.289 e. The van der Waals surface area contributed by atoms with Gasteiger partial charge in [0.15, 0.2) is 5.78 Å². The van der Waals surface area contributed by atoms with Gasteiger partial charge in [-0.1, -0.05) is 49.4 Å². The number of ketones is 1. The highest BCUT2D eigenvalue weighted by Gasteiger charge is 2.26. The molecule has 0 saturated carbocycles. The number of thioether (sulfide) groups is 2. The molecular formula is C19H17FOS2. The Bertz CT molecular complexity index is 715. The molecule has 0 aliphatic carbocycles. The van der Waals surface area contributed by atoms with E-state index in [9.17, 15) is 9.18 Å². The molecule has 4 heteroatoms. The molecule has 1 unspecified atom stereocenters. The smallest absolute Gasteiger partial charge is 0.191 e. The maximum atomic E-state index is 13.2. The quantitative estimate of drug-likeness (QED) is 0.538. The number of Topliss-reactive ketones (excluding diaryl/α,β-unsaturated/α-hetero) is 1. The van der Waals surface area contributed by atoms with Crippen LogP contribution in [0.15, 0.2) is 64.4 Å². The Labute approximate surface area is 144 Å². The van der Waals surface area contributed by atoms with E-state index in [1.165, 1.54) is 12.1 Å². The van der Waals surface area contributed by atoms with Crippen LogP contribution < -0.4 is 0 Å². The van der Waals surface area contributed by atoms with Gasteiger partial charge < -0.3 is 0 Å². The van der Waals surface area contributed by atoms with Gasteiger partial charge in [0.2, 0.25) is 0 Å². The van der Waals surface area contributed by atoms with Gasteiger partial charge in [0.1, 0.15) is 5.82 Å². The zero-order valence-electron chi connectivity index (χ0n) is 12.8. The summed E-state index contributed by atoms with van der Waals surface area (Å²) in [6.07, 6.45) is 0. The molecule has 0 N–H and O–H groups in total. The molecule has 1 aliphatic heterocycles. The van der Waals surface area contributed by atoms with Gasteiger partial charge in [-0.2, -0.15) is 0 Å².